The molecule has 0 fully saturated rings. The highest BCUT2D eigenvalue weighted by Crippen LogP contribution is 2.05. The molecule has 0 radical (unpaired) electrons. The van der Waals surface area contributed by atoms with Crippen LogP contribution in [-0.4, -0.2) is 9.78 Å². The Labute approximate surface area is 117 Å². The SMILES string of the molecule is C#CCCCCCCCn1nc(C)c(=C/C)/c1=C\C. The van der Waals surface area contributed by atoms with E-state index in [0.717, 1.165) is 18.7 Å². The van der Waals surface area contributed by atoms with Crippen molar-refractivity contribution in [1.82, 2.24) is 9.78 Å². The highest BCUT2D eigenvalue weighted by atomic mass is 15.3. The summed E-state index contributed by atoms with van der Waals surface area (Å²) in [4.78, 5) is 0. The number of nitrogens with zero attached hydrogens (tertiary/aromatic N) is 2. The molecule has 104 valence electrons. The van der Waals surface area contributed by atoms with Gasteiger partial charge in [0, 0.05) is 18.2 Å². The molecular formula is C17H26N2. The number of terminal acetylenes is 1. The number of aryl methyl sites for hydroxylation is 2. The highest BCUT2D eigenvalue weighted by molar-refractivity contribution is 5.28. The molecule has 0 aliphatic carbocycles. The van der Waals surface area contributed by atoms with Crippen LogP contribution in [0.4, 0.5) is 0 Å². The predicted molar refractivity (Wildman–Crippen MR) is 83.0 cm³/mol. The van der Waals surface area contributed by atoms with Crippen LogP contribution in [0.1, 0.15) is 58.1 Å². The van der Waals surface area contributed by atoms with E-state index in [1.54, 1.807) is 0 Å². The first-order valence-corrected chi connectivity index (χ1v) is 7.34. The summed E-state index contributed by atoms with van der Waals surface area (Å²) >= 11 is 0. The van der Waals surface area contributed by atoms with Crippen molar-refractivity contribution in [2.45, 2.75) is 65.8 Å². The number of aromatic nitrogens is 2. The minimum Gasteiger partial charge on any atom is -0.265 e. The molecular weight excluding hydrogens is 232 g/mol. The smallest absolute Gasteiger partial charge is 0.0669 e. The Morgan fingerprint density at radius 1 is 1.11 bits per heavy atom. The van der Waals surface area contributed by atoms with Gasteiger partial charge >= 0.3 is 0 Å². The van der Waals surface area contributed by atoms with Gasteiger partial charge in [-0.3, -0.25) is 4.68 Å². The van der Waals surface area contributed by atoms with Crippen LogP contribution in [-0.2, 0) is 6.54 Å². The fraction of sp³-hybridized carbons (Fsp3) is 0.588. The van der Waals surface area contributed by atoms with Crippen LogP contribution in [0, 0.1) is 19.3 Å². The molecule has 1 rings (SSSR count). The van der Waals surface area contributed by atoms with E-state index in [-0.39, 0.29) is 0 Å². The zero-order valence-electron chi connectivity index (χ0n) is 12.6. The second-order valence-electron chi connectivity index (χ2n) is 4.91. The average molecular weight is 258 g/mol. The van der Waals surface area contributed by atoms with Gasteiger partial charge in [-0.15, -0.1) is 12.3 Å². The molecule has 0 atom stereocenters. The summed E-state index contributed by atoms with van der Waals surface area (Å²) in [5, 5.41) is 7.16. The molecule has 0 spiro atoms. The Morgan fingerprint density at radius 2 is 1.79 bits per heavy atom. The van der Waals surface area contributed by atoms with Gasteiger partial charge in [0.1, 0.15) is 0 Å². The lowest BCUT2D eigenvalue weighted by molar-refractivity contribution is 0.520. The summed E-state index contributed by atoms with van der Waals surface area (Å²) in [5.41, 5.74) is 1.13. The molecule has 0 unspecified atom stereocenters. The lowest BCUT2D eigenvalue weighted by Gasteiger charge is -2.02. The highest BCUT2D eigenvalue weighted by Gasteiger charge is 2.01. The first kappa shape index (κ1) is 15.6. The first-order valence-electron chi connectivity index (χ1n) is 7.34. The Kier molecular flexibility index (Phi) is 7.03. The molecule has 0 bridgehead atoms. The van der Waals surface area contributed by atoms with Crippen LogP contribution in [0.3, 0.4) is 0 Å². The van der Waals surface area contributed by atoms with Gasteiger partial charge in [-0.05, 0) is 33.6 Å². The number of unbranched alkanes of at least 4 members (excludes halogenated alkanes) is 5. The second kappa shape index (κ2) is 8.58. The van der Waals surface area contributed by atoms with Crippen molar-refractivity contribution in [3.63, 3.8) is 0 Å². The topological polar surface area (TPSA) is 17.8 Å². The van der Waals surface area contributed by atoms with Gasteiger partial charge in [0.25, 0.3) is 0 Å². The van der Waals surface area contributed by atoms with Gasteiger partial charge in [0.15, 0.2) is 0 Å². The molecule has 0 aliphatic heterocycles. The van der Waals surface area contributed by atoms with Crippen LogP contribution < -0.4 is 10.6 Å². The zero-order chi connectivity index (χ0) is 14.1. The third kappa shape index (κ3) is 4.59. The van der Waals surface area contributed by atoms with Crippen molar-refractivity contribution >= 4 is 12.2 Å². The van der Waals surface area contributed by atoms with Crippen LogP contribution in [0.2, 0.25) is 0 Å². The monoisotopic (exact) mass is 258 g/mol. The maximum atomic E-state index is 5.24. The molecule has 1 heterocycles. The average Bonchev–Trinajstić information content (AvgIpc) is 2.72. The summed E-state index contributed by atoms with van der Waals surface area (Å²) in [6, 6.07) is 0. The van der Waals surface area contributed by atoms with Gasteiger partial charge < -0.3 is 0 Å². The van der Waals surface area contributed by atoms with Crippen LogP contribution in [0.15, 0.2) is 0 Å². The van der Waals surface area contributed by atoms with Crippen molar-refractivity contribution in [2.75, 3.05) is 0 Å². The Hall–Kier alpha value is -1.49. The van der Waals surface area contributed by atoms with Gasteiger partial charge in [-0.2, -0.15) is 5.10 Å². The Balaban J connectivity index is 2.45. The molecule has 2 heteroatoms. The molecule has 0 saturated carbocycles. The van der Waals surface area contributed by atoms with Crippen molar-refractivity contribution in [1.29, 1.82) is 0 Å². The van der Waals surface area contributed by atoms with Crippen molar-refractivity contribution in [2.24, 2.45) is 0 Å². The molecule has 0 aliphatic rings. The third-order valence-corrected chi connectivity index (χ3v) is 3.47. The van der Waals surface area contributed by atoms with Crippen molar-refractivity contribution in [3.8, 4) is 12.3 Å². The van der Waals surface area contributed by atoms with Crippen LogP contribution in [0.5, 0.6) is 0 Å². The van der Waals surface area contributed by atoms with Crippen LogP contribution in [0.25, 0.3) is 12.2 Å². The van der Waals surface area contributed by atoms with E-state index in [0.29, 0.717) is 0 Å². The van der Waals surface area contributed by atoms with Crippen LogP contribution >= 0.6 is 0 Å². The number of rotatable bonds is 7. The fourth-order valence-corrected chi connectivity index (χ4v) is 2.46. The second-order valence-corrected chi connectivity index (χ2v) is 4.91. The molecule has 19 heavy (non-hydrogen) atoms. The third-order valence-electron chi connectivity index (χ3n) is 3.47. The zero-order valence-corrected chi connectivity index (χ0v) is 12.6. The Morgan fingerprint density at radius 3 is 2.42 bits per heavy atom. The van der Waals surface area contributed by atoms with Gasteiger partial charge in [-0.1, -0.05) is 31.4 Å². The van der Waals surface area contributed by atoms with Gasteiger partial charge in [0.2, 0.25) is 0 Å². The standard InChI is InChI=1S/C17H26N2/c1-5-8-9-10-11-12-13-14-19-17(7-3)16(6-2)15(4)18-19/h1,6-7H,8-14H2,2-4H3/b16-6-,17-7+. The van der Waals surface area contributed by atoms with Gasteiger partial charge in [-0.25, -0.2) is 0 Å². The molecule has 1 aromatic heterocycles. The predicted octanol–water partition coefficient (Wildman–Crippen LogP) is 2.77. The molecule has 0 aromatic carbocycles. The minimum atomic E-state index is 0.920. The minimum absolute atomic E-state index is 0.920. The molecule has 0 N–H and O–H groups in total. The summed E-state index contributed by atoms with van der Waals surface area (Å²) in [6.45, 7) is 7.26. The molecule has 2 nitrogen and oxygen atoms in total. The molecule has 1 aromatic rings. The van der Waals surface area contributed by atoms with Gasteiger partial charge in [0.05, 0.1) is 11.0 Å². The van der Waals surface area contributed by atoms with E-state index in [1.807, 2.05) is 0 Å². The van der Waals surface area contributed by atoms with E-state index in [2.05, 4.69) is 48.6 Å². The van der Waals surface area contributed by atoms with Crippen molar-refractivity contribution in [3.05, 3.63) is 16.3 Å². The first-order chi connectivity index (χ1) is 9.24. The lowest BCUT2D eigenvalue weighted by Crippen LogP contribution is -2.29. The lowest BCUT2D eigenvalue weighted by atomic mass is 10.1. The quantitative estimate of drug-likeness (QED) is 0.543. The van der Waals surface area contributed by atoms with E-state index in [1.165, 1.54) is 42.7 Å². The van der Waals surface area contributed by atoms with E-state index in [4.69, 9.17) is 6.42 Å². The van der Waals surface area contributed by atoms with Crippen molar-refractivity contribution < 1.29 is 0 Å². The molecule has 0 amide bonds. The summed E-state index contributed by atoms with van der Waals surface area (Å²) in [7, 11) is 0. The van der Waals surface area contributed by atoms with E-state index >= 15 is 0 Å². The normalized spacial score (nSPS) is 12.9. The number of hydrogen-bond donors (Lipinski definition) is 0. The maximum absolute atomic E-state index is 5.24. The summed E-state index contributed by atoms with van der Waals surface area (Å²) < 4.78 is 2.14. The largest absolute Gasteiger partial charge is 0.265 e. The molecule has 0 saturated heterocycles. The van der Waals surface area contributed by atoms with E-state index in [9.17, 15) is 0 Å². The van der Waals surface area contributed by atoms with E-state index < -0.39 is 0 Å². The Bertz CT molecular complexity index is 529. The maximum Gasteiger partial charge on any atom is 0.0669 e. The summed E-state index contributed by atoms with van der Waals surface area (Å²) in [5.74, 6) is 2.69. The summed E-state index contributed by atoms with van der Waals surface area (Å²) in [6.07, 6.45) is 16.6. The fourth-order valence-electron chi connectivity index (χ4n) is 2.46. The number of hydrogen-bond acceptors (Lipinski definition) is 1.